The maximum Gasteiger partial charge on any atom is 0.237 e. The average Bonchev–Trinajstić information content (AvgIpc) is 3.02. The van der Waals surface area contributed by atoms with Crippen molar-refractivity contribution >= 4 is 46.9 Å². The number of anilines is 1. The number of carbonyl (C=O) groups is 1. The third-order valence-electron chi connectivity index (χ3n) is 4.02. The number of benzene rings is 2. The molecule has 1 heterocycles. The first-order valence-electron chi connectivity index (χ1n) is 8.67. The highest BCUT2D eigenvalue weighted by Crippen LogP contribution is 2.29. The number of hydrogen-bond acceptors (Lipinski definition) is 5. The number of para-hydroxylation sites is 2. The van der Waals surface area contributed by atoms with Crippen LogP contribution < -0.4 is 5.32 Å². The Morgan fingerprint density at radius 1 is 1.11 bits per heavy atom. The SMILES string of the molecule is CC(C)c1ccccc1NC(=O)[C@H](C)Sc1nn(-c2ccccc2)c(=S)s1. The standard InChI is InChI=1S/C20H21N3OS3/c1-13(2)16-11-7-8-12-17(16)21-18(24)14(3)26-19-22-23(20(25)27-19)15-9-5-4-6-10-15/h4-14H,1-3H3,(H,21,24)/t14-/m0/s1. The average molecular weight is 416 g/mol. The summed E-state index contributed by atoms with van der Waals surface area (Å²) in [6.07, 6.45) is 0. The number of hydrogen-bond donors (Lipinski definition) is 1. The number of rotatable bonds is 6. The molecule has 1 N–H and O–H groups in total. The van der Waals surface area contributed by atoms with E-state index >= 15 is 0 Å². The number of aromatic nitrogens is 2. The maximum absolute atomic E-state index is 12.7. The van der Waals surface area contributed by atoms with E-state index < -0.39 is 0 Å². The molecule has 0 aliphatic heterocycles. The number of nitrogens with one attached hydrogen (secondary N) is 1. The van der Waals surface area contributed by atoms with E-state index in [1.54, 1.807) is 4.68 Å². The van der Waals surface area contributed by atoms with Crippen LogP contribution in [0.4, 0.5) is 5.69 Å². The molecule has 0 saturated heterocycles. The molecular weight excluding hydrogens is 394 g/mol. The summed E-state index contributed by atoms with van der Waals surface area (Å²) in [4.78, 5) is 12.7. The van der Waals surface area contributed by atoms with Crippen LogP contribution in [0.5, 0.6) is 0 Å². The number of amides is 1. The van der Waals surface area contributed by atoms with Crippen molar-refractivity contribution < 1.29 is 4.79 Å². The predicted molar refractivity (Wildman–Crippen MR) is 117 cm³/mol. The van der Waals surface area contributed by atoms with Crippen molar-refractivity contribution in [2.24, 2.45) is 0 Å². The van der Waals surface area contributed by atoms with Crippen LogP contribution >= 0.6 is 35.3 Å². The zero-order valence-corrected chi connectivity index (χ0v) is 17.8. The van der Waals surface area contributed by atoms with Crippen LogP contribution in [0.15, 0.2) is 58.9 Å². The van der Waals surface area contributed by atoms with Crippen molar-refractivity contribution in [3.63, 3.8) is 0 Å². The summed E-state index contributed by atoms with van der Waals surface area (Å²) in [6, 6.07) is 17.7. The molecule has 1 aromatic heterocycles. The maximum atomic E-state index is 12.7. The fraction of sp³-hybridized carbons (Fsp3) is 0.250. The molecule has 0 fully saturated rings. The van der Waals surface area contributed by atoms with Crippen LogP contribution in [0.25, 0.3) is 5.69 Å². The van der Waals surface area contributed by atoms with Gasteiger partial charge in [0.25, 0.3) is 0 Å². The summed E-state index contributed by atoms with van der Waals surface area (Å²) in [5, 5.41) is 7.34. The van der Waals surface area contributed by atoms with Crippen LogP contribution in [0.1, 0.15) is 32.3 Å². The van der Waals surface area contributed by atoms with Gasteiger partial charge in [-0.1, -0.05) is 73.3 Å². The fourth-order valence-electron chi connectivity index (χ4n) is 2.59. The van der Waals surface area contributed by atoms with Gasteiger partial charge in [0.1, 0.15) is 0 Å². The molecule has 0 spiro atoms. The molecule has 2 aromatic carbocycles. The van der Waals surface area contributed by atoms with Crippen LogP contribution in [0.2, 0.25) is 0 Å². The number of nitrogens with zero attached hydrogens (tertiary/aromatic N) is 2. The van der Waals surface area contributed by atoms with Gasteiger partial charge in [0.2, 0.25) is 5.91 Å². The molecule has 0 saturated carbocycles. The molecule has 0 aliphatic carbocycles. The van der Waals surface area contributed by atoms with Crippen LogP contribution in [-0.4, -0.2) is 20.9 Å². The van der Waals surface area contributed by atoms with E-state index in [2.05, 4.69) is 24.3 Å². The lowest BCUT2D eigenvalue weighted by molar-refractivity contribution is -0.115. The normalized spacial score (nSPS) is 12.1. The molecule has 7 heteroatoms. The van der Waals surface area contributed by atoms with Gasteiger partial charge in [-0.25, -0.2) is 4.68 Å². The van der Waals surface area contributed by atoms with Gasteiger partial charge >= 0.3 is 0 Å². The largest absolute Gasteiger partial charge is 0.325 e. The molecule has 0 radical (unpaired) electrons. The van der Waals surface area contributed by atoms with Crippen LogP contribution in [-0.2, 0) is 4.79 Å². The van der Waals surface area contributed by atoms with E-state index in [0.29, 0.717) is 9.87 Å². The Hall–Kier alpha value is -1.96. The Morgan fingerprint density at radius 3 is 2.48 bits per heavy atom. The Labute approximate surface area is 172 Å². The third-order valence-corrected chi connectivity index (χ3v) is 6.43. The number of carbonyl (C=O) groups excluding carboxylic acids is 1. The van der Waals surface area contributed by atoms with Crippen molar-refractivity contribution in [3.8, 4) is 5.69 Å². The van der Waals surface area contributed by atoms with Gasteiger partial charge in [0.15, 0.2) is 8.29 Å². The van der Waals surface area contributed by atoms with Gasteiger partial charge < -0.3 is 5.32 Å². The van der Waals surface area contributed by atoms with Gasteiger partial charge in [-0.15, -0.1) is 5.10 Å². The summed E-state index contributed by atoms with van der Waals surface area (Å²) in [7, 11) is 0. The van der Waals surface area contributed by atoms with E-state index in [1.165, 1.54) is 23.1 Å². The lowest BCUT2D eigenvalue weighted by Gasteiger charge is -2.15. The third kappa shape index (κ3) is 4.86. The van der Waals surface area contributed by atoms with Crippen molar-refractivity contribution in [1.29, 1.82) is 0 Å². The summed E-state index contributed by atoms with van der Waals surface area (Å²) in [5.41, 5.74) is 2.92. The quantitative estimate of drug-likeness (QED) is 0.402. The van der Waals surface area contributed by atoms with E-state index in [4.69, 9.17) is 12.2 Å². The van der Waals surface area contributed by atoms with Gasteiger partial charge in [-0.05, 0) is 48.8 Å². The first-order chi connectivity index (χ1) is 13.0. The van der Waals surface area contributed by atoms with E-state index in [9.17, 15) is 4.79 Å². The van der Waals surface area contributed by atoms with Gasteiger partial charge in [0.05, 0.1) is 10.9 Å². The monoisotopic (exact) mass is 415 g/mol. The Morgan fingerprint density at radius 2 is 1.78 bits per heavy atom. The Balaban J connectivity index is 1.72. The molecule has 4 nitrogen and oxygen atoms in total. The highest BCUT2D eigenvalue weighted by Gasteiger charge is 2.19. The van der Waals surface area contributed by atoms with Gasteiger partial charge in [0, 0.05) is 5.69 Å². The van der Waals surface area contributed by atoms with Crippen LogP contribution in [0.3, 0.4) is 0 Å². The fourth-order valence-corrected chi connectivity index (χ4v) is 5.10. The van der Waals surface area contributed by atoms with Crippen molar-refractivity contribution in [2.75, 3.05) is 5.32 Å². The smallest absolute Gasteiger partial charge is 0.237 e. The Bertz CT molecular complexity index is 979. The molecule has 3 rings (SSSR count). The lowest BCUT2D eigenvalue weighted by atomic mass is 10.0. The summed E-state index contributed by atoms with van der Waals surface area (Å²) >= 11 is 8.27. The zero-order chi connectivity index (χ0) is 19.4. The minimum absolute atomic E-state index is 0.0412. The Kier molecular flexibility index (Phi) is 6.46. The first-order valence-corrected chi connectivity index (χ1v) is 10.8. The molecule has 0 unspecified atom stereocenters. The minimum Gasteiger partial charge on any atom is -0.325 e. The van der Waals surface area contributed by atoms with Gasteiger partial charge in [-0.3, -0.25) is 4.79 Å². The van der Waals surface area contributed by atoms with E-state index in [1.807, 2.05) is 61.5 Å². The summed E-state index contributed by atoms with van der Waals surface area (Å²) in [5.74, 6) is 0.302. The second-order valence-electron chi connectivity index (χ2n) is 6.37. The highest BCUT2D eigenvalue weighted by atomic mass is 32.2. The first kappa shape index (κ1) is 19.8. The van der Waals surface area contributed by atoms with Crippen molar-refractivity contribution in [2.45, 2.75) is 36.3 Å². The molecular formula is C20H21N3OS3. The molecule has 3 aromatic rings. The molecule has 1 atom stereocenters. The van der Waals surface area contributed by atoms with Crippen LogP contribution in [0, 0.1) is 3.95 Å². The lowest BCUT2D eigenvalue weighted by Crippen LogP contribution is -2.23. The van der Waals surface area contributed by atoms with E-state index in [-0.39, 0.29) is 11.2 Å². The molecule has 27 heavy (non-hydrogen) atoms. The molecule has 0 aliphatic rings. The summed E-state index contributed by atoms with van der Waals surface area (Å²) < 4.78 is 3.19. The zero-order valence-electron chi connectivity index (χ0n) is 15.4. The van der Waals surface area contributed by atoms with Gasteiger partial charge in [-0.2, -0.15) is 0 Å². The van der Waals surface area contributed by atoms with Crippen molar-refractivity contribution in [1.82, 2.24) is 9.78 Å². The predicted octanol–water partition coefficient (Wildman–Crippen LogP) is 5.91. The molecule has 0 bridgehead atoms. The second-order valence-corrected chi connectivity index (χ2v) is 9.58. The summed E-state index contributed by atoms with van der Waals surface area (Å²) in [6.45, 7) is 6.12. The topological polar surface area (TPSA) is 46.9 Å². The number of thioether (sulfide) groups is 1. The van der Waals surface area contributed by atoms with E-state index in [0.717, 1.165) is 21.3 Å². The minimum atomic E-state index is -0.282. The molecule has 1 amide bonds. The second kappa shape index (κ2) is 8.82. The van der Waals surface area contributed by atoms with Crippen molar-refractivity contribution in [3.05, 3.63) is 64.1 Å². The highest BCUT2D eigenvalue weighted by molar-refractivity contribution is 8.02. The molecule has 140 valence electrons.